The van der Waals surface area contributed by atoms with Crippen molar-refractivity contribution in [3.8, 4) is 5.75 Å². The molecule has 0 aliphatic rings. The van der Waals surface area contributed by atoms with Crippen LogP contribution in [-0.4, -0.2) is 5.11 Å². The van der Waals surface area contributed by atoms with Crippen molar-refractivity contribution in [2.75, 3.05) is 0 Å². The molecule has 0 heterocycles. The van der Waals surface area contributed by atoms with Crippen LogP contribution in [0.1, 0.15) is 0 Å². The first-order valence-corrected chi connectivity index (χ1v) is 7.10. The molecule has 0 spiro atoms. The van der Waals surface area contributed by atoms with Gasteiger partial charge in [-0.25, -0.2) is 0 Å². The Morgan fingerprint density at radius 3 is 2.00 bits per heavy atom. The lowest BCUT2D eigenvalue weighted by Crippen LogP contribution is -1.83. The third kappa shape index (κ3) is 1.35. The minimum absolute atomic E-state index is 0.340. The van der Waals surface area contributed by atoms with Gasteiger partial charge in [0.25, 0.3) is 0 Å². The average molecular weight is 268 g/mol. The van der Waals surface area contributed by atoms with Crippen LogP contribution < -0.4 is 0 Å². The fraction of sp³-hybridized carbons (Fsp3) is 0. The molecule has 7 aromatic carbocycles. The predicted octanol–water partition coefficient (Wildman–Crippen LogP) is 5.44. The van der Waals surface area contributed by atoms with Gasteiger partial charge in [-0.15, -0.1) is 0 Å². The van der Waals surface area contributed by atoms with Gasteiger partial charge in [0.2, 0.25) is 0 Å². The second-order valence-electron chi connectivity index (χ2n) is 5.64. The predicted molar refractivity (Wildman–Crippen MR) is 89.3 cm³/mol. The SMILES string of the molecule is Oc1ccc2cc3ccc2c1c1cccc2cc3ccc21. The Bertz CT molecular complexity index is 1140. The Morgan fingerprint density at radius 2 is 1.19 bits per heavy atom. The minimum Gasteiger partial charge on any atom is -0.507 e. The first-order chi connectivity index (χ1) is 10.3. The maximum absolute atomic E-state index is 10.4. The molecule has 0 fully saturated rings. The molecule has 0 atom stereocenters. The van der Waals surface area contributed by atoms with E-state index in [2.05, 4.69) is 54.6 Å². The molecular formula is C20H12O. The zero-order valence-electron chi connectivity index (χ0n) is 11.3. The Hall–Kier alpha value is -2.80. The molecule has 0 saturated carbocycles. The molecule has 0 aromatic heterocycles. The number of fused-ring (bicyclic) bond motifs is 2. The number of hydrogen-bond donors (Lipinski definition) is 1. The molecule has 0 saturated heterocycles. The van der Waals surface area contributed by atoms with E-state index in [9.17, 15) is 5.11 Å². The number of aromatic hydroxyl groups is 1. The molecule has 8 bridgehead atoms. The van der Waals surface area contributed by atoms with Crippen LogP contribution >= 0.6 is 0 Å². The lowest BCUT2D eigenvalue weighted by atomic mass is 9.95. The van der Waals surface area contributed by atoms with E-state index in [-0.39, 0.29) is 0 Å². The number of hydrogen-bond acceptors (Lipinski definition) is 1. The summed E-state index contributed by atoms with van der Waals surface area (Å²) in [5, 5.41) is 19.6. The molecule has 21 heavy (non-hydrogen) atoms. The molecular weight excluding hydrogens is 256 g/mol. The zero-order valence-corrected chi connectivity index (χ0v) is 11.3. The van der Waals surface area contributed by atoms with E-state index in [1.54, 1.807) is 6.07 Å². The topological polar surface area (TPSA) is 20.2 Å². The van der Waals surface area contributed by atoms with E-state index < -0.39 is 0 Å². The number of benzene rings is 4. The number of rotatable bonds is 0. The van der Waals surface area contributed by atoms with Crippen LogP contribution in [-0.2, 0) is 0 Å². The van der Waals surface area contributed by atoms with Gasteiger partial charge in [-0.2, -0.15) is 0 Å². The van der Waals surface area contributed by atoms with Crippen molar-refractivity contribution in [1.82, 2.24) is 0 Å². The fourth-order valence-corrected chi connectivity index (χ4v) is 3.46. The summed E-state index contributed by atoms with van der Waals surface area (Å²) in [4.78, 5) is 0. The molecule has 0 unspecified atom stereocenters. The van der Waals surface area contributed by atoms with Gasteiger partial charge in [0.15, 0.2) is 0 Å². The Labute approximate surface area is 121 Å². The van der Waals surface area contributed by atoms with Gasteiger partial charge in [0.1, 0.15) is 5.75 Å². The monoisotopic (exact) mass is 268 g/mol. The van der Waals surface area contributed by atoms with E-state index in [0.717, 1.165) is 16.2 Å². The van der Waals surface area contributed by atoms with Gasteiger partial charge in [-0.05, 0) is 55.9 Å². The van der Waals surface area contributed by atoms with Crippen LogP contribution in [0.15, 0.2) is 66.7 Å². The molecule has 7 aromatic rings. The van der Waals surface area contributed by atoms with Crippen molar-refractivity contribution in [3.05, 3.63) is 66.7 Å². The van der Waals surface area contributed by atoms with Crippen molar-refractivity contribution in [1.29, 1.82) is 0 Å². The van der Waals surface area contributed by atoms with Crippen molar-refractivity contribution in [3.63, 3.8) is 0 Å². The lowest BCUT2D eigenvalue weighted by Gasteiger charge is -2.10. The third-order valence-corrected chi connectivity index (χ3v) is 4.48. The Morgan fingerprint density at radius 1 is 0.524 bits per heavy atom. The molecule has 0 aliphatic carbocycles. The van der Waals surface area contributed by atoms with Crippen molar-refractivity contribution in [2.45, 2.75) is 0 Å². The first-order valence-electron chi connectivity index (χ1n) is 7.10. The summed E-state index contributed by atoms with van der Waals surface area (Å²) in [6.45, 7) is 0. The second-order valence-corrected chi connectivity index (χ2v) is 5.64. The van der Waals surface area contributed by atoms with Gasteiger partial charge in [0.05, 0.1) is 0 Å². The van der Waals surface area contributed by atoms with Crippen LogP contribution in [0.2, 0.25) is 0 Å². The standard InChI is InChI=1S/C20H12O/c21-19-9-6-15-11-13-5-8-17(15)20(19)18-3-1-2-14-10-12(13)4-7-16(14)18/h1-11,21H. The van der Waals surface area contributed by atoms with Crippen LogP contribution in [0, 0.1) is 0 Å². The van der Waals surface area contributed by atoms with Crippen LogP contribution in [0.4, 0.5) is 0 Å². The molecule has 1 nitrogen and oxygen atoms in total. The molecule has 1 heteroatoms. The van der Waals surface area contributed by atoms with Gasteiger partial charge >= 0.3 is 0 Å². The molecule has 7 rings (SSSR count). The second kappa shape index (κ2) is 3.64. The lowest BCUT2D eigenvalue weighted by molar-refractivity contribution is 0.482. The highest BCUT2D eigenvalue weighted by Crippen LogP contribution is 2.37. The zero-order chi connectivity index (χ0) is 14.0. The largest absolute Gasteiger partial charge is 0.507 e. The summed E-state index contributed by atoms with van der Waals surface area (Å²) in [5.41, 5.74) is 0. The normalized spacial score (nSPS) is 12.0. The quantitative estimate of drug-likeness (QED) is 0.396. The van der Waals surface area contributed by atoms with Gasteiger partial charge in [0, 0.05) is 5.39 Å². The van der Waals surface area contributed by atoms with E-state index in [4.69, 9.17) is 0 Å². The first kappa shape index (κ1) is 10.9. The molecule has 1 N–H and O–H groups in total. The molecule has 0 radical (unpaired) electrons. The Kier molecular flexibility index (Phi) is 1.90. The van der Waals surface area contributed by atoms with E-state index in [0.29, 0.717) is 5.75 Å². The van der Waals surface area contributed by atoms with Gasteiger partial charge in [-0.3, -0.25) is 0 Å². The smallest absolute Gasteiger partial charge is 0.124 e. The van der Waals surface area contributed by atoms with Crippen LogP contribution in [0.3, 0.4) is 0 Å². The van der Waals surface area contributed by atoms with Gasteiger partial charge in [-0.1, -0.05) is 48.5 Å². The summed E-state index contributed by atoms with van der Waals surface area (Å²) < 4.78 is 0. The molecule has 0 aliphatic heterocycles. The number of phenols is 1. The van der Waals surface area contributed by atoms with Crippen molar-refractivity contribution < 1.29 is 5.11 Å². The maximum Gasteiger partial charge on any atom is 0.124 e. The average Bonchev–Trinajstić information content (AvgIpc) is 2.53. The third-order valence-electron chi connectivity index (χ3n) is 4.48. The van der Waals surface area contributed by atoms with Gasteiger partial charge < -0.3 is 5.11 Å². The maximum atomic E-state index is 10.4. The number of phenolic OH excluding ortho intramolecular Hbond substituents is 1. The minimum atomic E-state index is 0.340. The summed E-state index contributed by atoms with van der Waals surface area (Å²) in [6.07, 6.45) is 0. The van der Waals surface area contributed by atoms with E-state index >= 15 is 0 Å². The molecule has 98 valence electrons. The molecule has 0 amide bonds. The Balaban J connectivity index is 2.33. The van der Waals surface area contributed by atoms with Crippen molar-refractivity contribution >= 4 is 43.1 Å². The highest BCUT2D eigenvalue weighted by atomic mass is 16.3. The van der Waals surface area contributed by atoms with E-state index in [1.165, 1.54) is 26.9 Å². The highest BCUT2D eigenvalue weighted by Gasteiger charge is 2.08. The summed E-state index contributed by atoms with van der Waals surface area (Å²) in [6, 6.07) is 23.1. The van der Waals surface area contributed by atoms with Crippen molar-refractivity contribution in [2.24, 2.45) is 0 Å². The summed E-state index contributed by atoms with van der Waals surface area (Å²) >= 11 is 0. The summed E-state index contributed by atoms with van der Waals surface area (Å²) in [7, 11) is 0. The van der Waals surface area contributed by atoms with Crippen LogP contribution in [0.25, 0.3) is 43.1 Å². The summed E-state index contributed by atoms with van der Waals surface area (Å²) in [5.74, 6) is 0.340. The fourth-order valence-electron chi connectivity index (χ4n) is 3.46. The van der Waals surface area contributed by atoms with E-state index in [1.807, 2.05) is 6.07 Å². The van der Waals surface area contributed by atoms with Crippen LogP contribution in [0.5, 0.6) is 5.75 Å². The highest BCUT2D eigenvalue weighted by molar-refractivity contribution is 6.19.